The summed E-state index contributed by atoms with van der Waals surface area (Å²) >= 11 is 0. The van der Waals surface area contributed by atoms with Gasteiger partial charge in [-0.15, -0.1) is 0 Å². The van der Waals surface area contributed by atoms with Crippen molar-refractivity contribution in [1.82, 2.24) is 14.7 Å². The number of carbonyl (C=O) groups excluding carboxylic acids is 3. The van der Waals surface area contributed by atoms with Crippen molar-refractivity contribution in [3.63, 3.8) is 0 Å². The third-order valence-electron chi connectivity index (χ3n) is 7.75. The van der Waals surface area contributed by atoms with Crippen LogP contribution in [0.2, 0.25) is 0 Å². The van der Waals surface area contributed by atoms with Crippen molar-refractivity contribution < 1.29 is 14.4 Å². The van der Waals surface area contributed by atoms with Crippen LogP contribution in [0.5, 0.6) is 0 Å². The van der Waals surface area contributed by atoms with E-state index in [1.54, 1.807) is 4.90 Å². The highest BCUT2D eigenvalue weighted by Crippen LogP contribution is 2.48. The van der Waals surface area contributed by atoms with Gasteiger partial charge in [0.1, 0.15) is 0 Å². The maximum absolute atomic E-state index is 14.0. The number of fused-ring (bicyclic) bond motifs is 1. The SMILES string of the molecule is Cc1ccc(C(=O)N2CC3(C2)C(C(=O)N2CCCC2)c2ccccc2C(=O)N3C(C)C)c(C)c1. The van der Waals surface area contributed by atoms with Crippen molar-refractivity contribution >= 4 is 17.7 Å². The van der Waals surface area contributed by atoms with Gasteiger partial charge in [-0.3, -0.25) is 14.4 Å². The van der Waals surface area contributed by atoms with Gasteiger partial charge in [0.2, 0.25) is 5.91 Å². The predicted molar refractivity (Wildman–Crippen MR) is 131 cm³/mol. The molecule has 34 heavy (non-hydrogen) atoms. The molecule has 3 aliphatic rings. The number of benzene rings is 2. The van der Waals surface area contributed by atoms with E-state index < -0.39 is 11.5 Å². The van der Waals surface area contributed by atoms with Gasteiger partial charge in [0.15, 0.2) is 0 Å². The van der Waals surface area contributed by atoms with E-state index in [4.69, 9.17) is 0 Å². The minimum absolute atomic E-state index is 0.0366. The quantitative estimate of drug-likeness (QED) is 0.702. The Morgan fingerprint density at radius 1 is 0.971 bits per heavy atom. The lowest BCUT2D eigenvalue weighted by Crippen LogP contribution is -2.78. The topological polar surface area (TPSA) is 60.9 Å². The summed E-state index contributed by atoms with van der Waals surface area (Å²) in [6.07, 6.45) is 2.02. The van der Waals surface area contributed by atoms with E-state index in [1.165, 1.54) is 0 Å². The highest BCUT2D eigenvalue weighted by Gasteiger charge is 2.62. The molecule has 2 fully saturated rings. The largest absolute Gasteiger partial charge is 0.342 e. The maximum atomic E-state index is 14.0. The highest BCUT2D eigenvalue weighted by atomic mass is 16.2. The van der Waals surface area contributed by atoms with Gasteiger partial charge < -0.3 is 14.7 Å². The molecule has 2 aromatic rings. The van der Waals surface area contributed by atoms with Crippen molar-refractivity contribution in [1.29, 1.82) is 0 Å². The Labute approximate surface area is 201 Å². The molecule has 0 bridgehead atoms. The van der Waals surface area contributed by atoms with E-state index in [9.17, 15) is 14.4 Å². The van der Waals surface area contributed by atoms with E-state index in [0.717, 1.165) is 42.6 Å². The Morgan fingerprint density at radius 2 is 1.65 bits per heavy atom. The van der Waals surface area contributed by atoms with Gasteiger partial charge in [0, 0.05) is 43.3 Å². The van der Waals surface area contributed by atoms with E-state index in [1.807, 2.05) is 80.0 Å². The number of rotatable bonds is 3. The number of aryl methyl sites for hydroxylation is 2. The number of nitrogens with zero attached hydrogens (tertiary/aromatic N) is 3. The zero-order valence-corrected chi connectivity index (χ0v) is 20.5. The fourth-order valence-electron chi connectivity index (χ4n) is 6.25. The normalized spacial score (nSPS) is 21.1. The third-order valence-corrected chi connectivity index (χ3v) is 7.75. The molecule has 6 heteroatoms. The molecule has 5 rings (SSSR count). The molecule has 0 radical (unpaired) electrons. The van der Waals surface area contributed by atoms with E-state index in [0.29, 0.717) is 24.2 Å². The molecule has 2 saturated heterocycles. The minimum atomic E-state index is -0.729. The van der Waals surface area contributed by atoms with Gasteiger partial charge >= 0.3 is 0 Å². The maximum Gasteiger partial charge on any atom is 0.255 e. The smallest absolute Gasteiger partial charge is 0.255 e. The van der Waals surface area contributed by atoms with E-state index in [2.05, 4.69) is 0 Å². The first-order valence-electron chi connectivity index (χ1n) is 12.3. The Bertz CT molecular complexity index is 1160. The van der Waals surface area contributed by atoms with Crippen LogP contribution in [0, 0.1) is 13.8 Å². The van der Waals surface area contributed by atoms with Crippen LogP contribution in [0.25, 0.3) is 0 Å². The molecule has 3 aliphatic heterocycles. The minimum Gasteiger partial charge on any atom is -0.342 e. The molecule has 0 aromatic heterocycles. The molecule has 3 amide bonds. The Balaban J connectivity index is 1.56. The van der Waals surface area contributed by atoms with Crippen LogP contribution in [0.3, 0.4) is 0 Å². The fourth-order valence-corrected chi connectivity index (χ4v) is 6.25. The standard InChI is InChI=1S/C28H33N3O3/c1-18(2)31-26(33)23-10-6-5-9-22(23)24(27(34)29-13-7-8-14-29)28(31)16-30(17-28)25(32)21-12-11-19(3)15-20(21)4/h5-6,9-12,15,18,24H,7-8,13-14,16-17H2,1-4H3. The van der Waals surface area contributed by atoms with Crippen LogP contribution in [0.15, 0.2) is 42.5 Å². The van der Waals surface area contributed by atoms with Crippen LogP contribution >= 0.6 is 0 Å². The number of amides is 3. The fraction of sp³-hybridized carbons (Fsp3) is 0.464. The van der Waals surface area contributed by atoms with Crippen molar-refractivity contribution in [2.45, 2.75) is 58.0 Å². The van der Waals surface area contributed by atoms with Gasteiger partial charge in [-0.1, -0.05) is 35.9 Å². The molecule has 0 N–H and O–H groups in total. The molecule has 2 aromatic carbocycles. The second kappa shape index (κ2) is 8.26. The summed E-state index contributed by atoms with van der Waals surface area (Å²) in [6.45, 7) is 10.2. The first kappa shape index (κ1) is 22.6. The Morgan fingerprint density at radius 3 is 2.29 bits per heavy atom. The molecule has 3 heterocycles. The molecule has 178 valence electrons. The van der Waals surface area contributed by atoms with Crippen LogP contribution in [0.1, 0.15) is 70.0 Å². The lowest BCUT2D eigenvalue weighted by atomic mass is 9.67. The summed E-state index contributed by atoms with van der Waals surface area (Å²) in [5.41, 5.74) is 3.43. The Kier molecular flexibility index (Phi) is 5.50. The molecular weight excluding hydrogens is 426 g/mol. The molecule has 1 spiro atoms. The summed E-state index contributed by atoms with van der Waals surface area (Å²) in [5.74, 6) is -0.466. The van der Waals surface area contributed by atoms with Crippen molar-refractivity contribution in [3.8, 4) is 0 Å². The first-order valence-corrected chi connectivity index (χ1v) is 12.3. The molecule has 1 atom stereocenters. The van der Waals surface area contributed by atoms with Gasteiger partial charge in [0.25, 0.3) is 11.8 Å². The number of likely N-dealkylation sites (tertiary alicyclic amines) is 2. The number of hydrogen-bond donors (Lipinski definition) is 0. The molecule has 1 unspecified atom stereocenters. The Hall–Kier alpha value is -3.15. The monoisotopic (exact) mass is 459 g/mol. The van der Waals surface area contributed by atoms with Gasteiger partial charge in [0.05, 0.1) is 11.5 Å². The average Bonchev–Trinajstić information content (AvgIpc) is 3.31. The lowest BCUT2D eigenvalue weighted by molar-refractivity contribution is -0.141. The zero-order chi connectivity index (χ0) is 24.2. The van der Waals surface area contributed by atoms with Crippen LogP contribution in [-0.2, 0) is 4.79 Å². The first-order chi connectivity index (χ1) is 16.2. The van der Waals surface area contributed by atoms with Gasteiger partial charge in [-0.05, 0) is 63.8 Å². The summed E-state index contributed by atoms with van der Waals surface area (Å²) in [4.78, 5) is 46.8. The van der Waals surface area contributed by atoms with Crippen LogP contribution in [0.4, 0.5) is 0 Å². The van der Waals surface area contributed by atoms with Crippen molar-refractivity contribution in [3.05, 3.63) is 70.3 Å². The van der Waals surface area contributed by atoms with Crippen LogP contribution < -0.4 is 0 Å². The summed E-state index contributed by atoms with van der Waals surface area (Å²) in [6, 6.07) is 13.3. The van der Waals surface area contributed by atoms with Gasteiger partial charge in [-0.2, -0.15) is 0 Å². The lowest BCUT2D eigenvalue weighted by Gasteiger charge is -2.62. The summed E-state index contributed by atoms with van der Waals surface area (Å²) in [7, 11) is 0. The second-order valence-electron chi connectivity index (χ2n) is 10.4. The van der Waals surface area contributed by atoms with Crippen LogP contribution in [-0.4, -0.2) is 70.2 Å². The highest BCUT2D eigenvalue weighted by molar-refractivity contribution is 6.03. The molecule has 0 aliphatic carbocycles. The average molecular weight is 460 g/mol. The van der Waals surface area contributed by atoms with E-state index in [-0.39, 0.29) is 23.8 Å². The van der Waals surface area contributed by atoms with E-state index >= 15 is 0 Å². The van der Waals surface area contributed by atoms with Crippen molar-refractivity contribution in [2.75, 3.05) is 26.2 Å². The summed E-state index contributed by atoms with van der Waals surface area (Å²) in [5, 5.41) is 0. The predicted octanol–water partition coefficient (Wildman–Crippen LogP) is 3.77. The summed E-state index contributed by atoms with van der Waals surface area (Å²) < 4.78 is 0. The number of carbonyl (C=O) groups is 3. The van der Waals surface area contributed by atoms with Gasteiger partial charge in [-0.25, -0.2) is 0 Å². The molecule has 0 saturated carbocycles. The second-order valence-corrected chi connectivity index (χ2v) is 10.4. The third kappa shape index (κ3) is 3.34. The zero-order valence-electron chi connectivity index (χ0n) is 20.5. The molecule has 6 nitrogen and oxygen atoms in total. The number of hydrogen-bond acceptors (Lipinski definition) is 3. The molecular formula is C28H33N3O3. The van der Waals surface area contributed by atoms with Crippen molar-refractivity contribution in [2.24, 2.45) is 0 Å².